The first-order valence-electron chi connectivity index (χ1n) is 10.6. The SMILES string of the molecule is Cc1ccc(C(=O)Nc2ccc(F)c([C@]3(C)CS(=O)(=O)[C@@](C)(CC4CC4)C(N)=N3)c2)nc1. The smallest absolute Gasteiger partial charge is 0.274 e. The Morgan fingerprint density at radius 3 is 2.56 bits per heavy atom. The zero-order valence-electron chi connectivity index (χ0n) is 18.4. The summed E-state index contributed by atoms with van der Waals surface area (Å²) in [6, 6.07) is 7.38. The number of carbonyl (C=O) groups is 1. The molecular formula is C23H27FN4O3S. The van der Waals surface area contributed by atoms with Crippen LogP contribution in [0.5, 0.6) is 0 Å². The monoisotopic (exact) mass is 458 g/mol. The van der Waals surface area contributed by atoms with Gasteiger partial charge in [0.05, 0.1) is 5.75 Å². The number of aliphatic imine (C=N–C) groups is 1. The van der Waals surface area contributed by atoms with E-state index in [1.54, 1.807) is 32.2 Å². The number of aromatic nitrogens is 1. The zero-order valence-corrected chi connectivity index (χ0v) is 19.2. The van der Waals surface area contributed by atoms with Crippen LogP contribution in [-0.2, 0) is 15.4 Å². The molecule has 2 aromatic rings. The second-order valence-electron chi connectivity index (χ2n) is 9.28. The number of amides is 1. The summed E-state index contributed by atoms with van der Waals surface area (Å²) in [6.07, 6.45) is 3.99. The Morgan fingerprint density at radius 2 is 1.97 bits per heavy atom. The van der Waals surface area contributed by atoms with E-state index in [2.05, 4.69) is 15.3 Å². The molecule has 0 radical (unpaired) electrons. The van der Waals surface area contributed by atoms with Gasteiger partial charge >= 0.3 is 0 Å². The van der Waals surface area contributed by atoms with Crippen molar-refractivity contribution < 1.29 is 17.6 Å². The molecule has 0 unspecified atom stereocenters. The lowest BCUT2D eigenvalue weighted by atomic mass is 9.92. The topological polar surface area (TPSA) is 115 Å². The van der Waals surface area contributed by atoms with Gasteiger partial charge in [0.2, 0.25) is 0 Å². The minimum Gasteiger partial charge on any atom is -0.386 e. The number of nitrogens with zero attached hydrogens (tertiary/aromatic N) is 2. The summed E-state index contributed by atoms with van der Waals surface area (Å²) < 4.78 is 40.2. The Kier molecular flexibility index (Phi) is 5.35. The molecule has 0 spiro atoms. The number of hydrogen-bond donors (Lipinski definition) is 2. The lowest BCUT2D eigenvalue weighted by Gasteiger charge is -2.40. The Hall–Kier alpha value is -2.81. The van der Waals surface area contributed by atoms with Crippen molar-refractivity contribution in [2.24, 2.45) is 16.6 Å². The predicted molar refractivity (Wildman–Crippen MR) is 122 cm³/mol. The minimum atomic E-state index is -3.70. The fourth-order valence-electron chi connectivity index (χ4n) is 4.16. The Labute approximate surface area is 187 Å². The van der Waals surface area contributed by atoms with Gasteiger partial charge in [0.25, 0.3) is 5.91 Å². The van der Waals surface area contributed by atoms with Crippen LogP contribution in [0.15, 0.2) is 41.5 Å². The van der Waals surface area contributed by atoms with Crippen LogP contribution in [0.25, 0.3) is 0 Å². The maximum atomic E-state index is 14.9. The highest BCUT2D eigenvalue weighted by Crippen LogP contribution is 2.45. The van der Waals surface area contributed by atoms with Crippen molar-refractivity contribution in [1.29, 1.82) is 0 Å². The number of carbonyl (C=O) groups excluding carboxylic acids is 1. The van der Waals surface area contributed by atoms with Gasteiger partial charge in [-0.25, -0.2) is 12.8 Å². The number of benzene rings is 1. The number of rotatable bonds is 5. The summed E-state index contributed by atoms with van der Waals surface area (Å²) in [5.74, 6) is -1.09. The van der Waals surface area contributed by atoms with E-state index < -0.39 is 31.8 Å². The van der Waals surface area contributed by atoms with Crippen LogP contribution in [-0.4, -0.2) is 35.6 Å². The first kappa shape index (κ1) is 22.4. The molecule has 2 aliphatic rings. The Balaban J connectivity index is 1.67. The Bertz CT molecular complexity index is 1210. The molecule has 1 saturated carbocycles. The molecule has 1 amide bonds. The molecule has 170 valence electrons. The van der Waals surface area contributed by atoms with Crippen LogP contribution in [0.4, 0.5) is 10.1 Å². The molecule has 2 heterocycles. The van der Waals surface area contributed by atoms with Crippen molar-refractivity contribution in [3.63, 3.8) is 0 Å². The number of halogens is 1. The largest absolute Gasteiger partial charge is 0.386 e. The normalized spacial score (nSPS) is 26.9. The summed E-state index contributed by atoms with van der Waals surface area (Å²) in [6.45, 7) is 5.03. The number of aryl methyl sites for hydroxylation is 1. The van der Waals surface area contributed by atoms with Crippen molar-refractivity contribution in [2.75, 3.05) is 11.1 Å². The van der Waals surface area contributed by atoms with E-state index in [9.17, 15) is 17.6 Å². The quantitative estimate of drug-likeness (QED) is 0.713. The highest BCUT2D eigenvalue weighted by Gasteiger charge is 2.53. The molecule has 32 heavy (non-hydrogen) atoms. The highest BCUT2D eigenvalue weighted by atomic mass is 32.2. The fraction of sp³-hybridized carbons (Fsp3) is 0.435. The van der Waals surface area contributed by atoms with Gasteiger partial charge < -0.3 is 11.1 Å². The Morgan fingerprint density at radius 1 is 1.25 bits per heavy atom. The molecule has 1 aliphatic carbocycles. The van der Waals surface area contributed by atoms with Crippen molar-refractivity contribution in [1.82, 2.24) is 4.98 Å². The molecule has 2 atom stereocenters. The van der Waals surface area contributed by atoms with Gasteiger partial charge in [-0.15, -0.1) is 0 Å². The van der Waals surface area contributed by atoms with Crippen molar-refractivity contribution in [3.8, 4) is 0 Å². The van der Waals surface area contributed by atoms with Crippen LogP contribution < -0.4 is 11.1 Å². The number of nitrogens with two attached hydrogens (primary N) is 1. The molecular weight excluding hydrogens is 431 g/mol. The number of sulfone groups is 1. The summed E-state index contributed by atoms with van der Waals surface area (Å²) in [5, 5.41) is 2.69. The molecule has 1 fully saturated rings. The van der Waals surface area contributed by atoms with Gasteiger partial charge in [0, 0.05) is 17.4 Å². The van der Waals surface area contributed by atoms with Crippen molar-refractivity contribution >= 4 is 27.3 Å². The van der Waals surface area contributed by atoms with Gasteiger partial charge in [0.15, 0.2) is 9.84 Å². The van der Waals surface area contributed by atoms with E-state index in [1.165, 1.54) is 18.2 Å². The van der Waals surface area contributed by atoms with Crippen LogP contribution in [0, 0.1) is 18.7 Å². The summed E-state index contributed by atoms with van der Waals surface area (Å²) >= 11 is 0. The third-order valence-electron chi connectivity index (χ3n) is 6.39. The van der Waals surface area contributed by atoms with Crippen molar-refractivity contribution in [2.45, 2.75) is 50.3 Å². The number of pyridine rings is 1. The average Bonchev–Trinajstić information content (AvgIpc) is 3.52. The minimum absolute atomic E-state index is 0.0100. The molecule has 0 bridgehead atoms. The number of amidine groups is 1. The lowest BCUT2D eigenvalue weighted by Crippen LogP contribution is -2.57. The van der Waals surface area contributed by atoms with E-state index in [0.717, 1.165) is 18.4 Å². The fourth-order valence-corrected chi connectivity index (χ4v) is 6.29. The van der Waals surface area contributed by atoms with E-state index >= 15 is 0 Å². The first-order valence-corrected chi connectivity index (χ1v) is 12.2. The summed E-state index contributed by atoms with van der Waals surface area (Å²) in [7, 11) is -3.70. The van der Waals surface area contributed by atoms with E-state index in [1.807, 2.05) is 6.92 Å². The predicted octanol–water partition coefficient (Wildman–Crippen LogP) is 3.34. The highest BCUT2D eigenvalue weighted by molar-refractivity contribution is 7.93. The summed E-state index contributed by atoms with van der Waals surface area (Å²) in [5.41, 5.74) is 6.31. The van der Waals surface area contributed by atoms with E-state index in [4.69, 9.17) is 5.73 Å². The third kappa shape index (κ3) is 4.01. The van der Waals surface area contributed by atoms with Gasteiger partial charge in [-0.2, -0.15) is 0 Å². The second kappa shape index (κ2) is 7.65. The molecule has 1 aromatic heterocycles. The number of anilines is 1. The van der Waals surface area contributed by atoms with Crippen LogP contribution in [0.3, 0.4) is 0 Å². The standard InChI is InChI=1S/C23H27FN4O3S/c1-14-4-9-19(26-12-14)20(29)27-16-7-8-18(24)17(10-16)22(2)13-32(30,31)23(3,21(25)28-22)11-15-5-6-15/h4,7-10,12,15H,5-6,11,13H2,1-3H3,(H2,25,28)(H,27,29)/t22-,23-/m0/s1. The van der Waals surface area contributed by atoms with E-state index in [-0.39, 0.29) is 22.8 Å². The number of hydrogen-bond acceptors (Lipinski definition) is 6. The molecule has 1 aliphatic heterocycles. The van der Waals surface area contributed by atoms with Gasteiger partial charge in [-0.3, -0.25) is 14.8 Å². The van der Waals surface area contributed by atoms with Gasteiger partial charge in [-0.05, 0) is 62.9 Å². The van der Waals surface area contributed by atoms with Crippen molar-refractivity contribution in [3.05, 3.63) is 59.2 Å². The second-order valence-corrected chi connectivity index (χ2v) is 11.7. The molecule has 4 rings (SSSR count). The maximum Gasteiger partial charge on any atom is 0.274 e. The molecule has 3 N–H and O–H groups in total. The first-order chi connectivity index (χ1) is 14.9. The molecule has 0 saturated heterocycles. The third-order valence-corrected chi connectivity index (χ3v) is 9.08. The number of nitrogens with one attached hydrogen (secondary N) is 1. The molecule has 7 nitrogen and oxygen atoms in total. The van der Waals surface area contributed by atoms with Crippen LogP contribution in [0.2, 0.25) is 0 Å². The molecule has 1 aromatic carbocycles. The lowest BCUT2D eigenvalue weighted by molar-refractivity contribution is 0.102. The van der Waals surface area contributed by atoms with E-state index in [0.29, 0.717) is 18.0 Å². The summed E-state index contributed by atoms with van der Waals surface area (Å²) in [4.78, 5) is 21.1. The van der Waals surface area contributed by atoms with Gasteiger partial charge in [0.1, 0.15) is 27.6 Å². The zero-order chi connectivity index (χ0) is 23.3. The van der Waals surface area contributed by atoms with Crippen LogP contribution in [0.1, 0.15) is 54.7 Å². The van der Waals surface area contributed by atoms with Gasteiger partial charge in [-0.1, -0.05) is 18.9 Å². The maximum absolute atomic E-state index is 14.9. The average molecular weight is 459 g/mol. The van der Waals surface area contributed by atoms with Crippen LogP contribution >= 0.6 is 0 Å². The molecule has 9 heteroatoms.